The molecule has 2 fully saturated rings. The molecule has 0 aromatic carbocycles. The SMILES string of the molecule is c1cc(OCC2C[C@@H]3CC[C@@H]2C3)[nH]n1. The second-order valence-electron chi connectivity index (χ2n) is 4.67. The van der Waals surface area contributed by atoms with Crippen molar-refractivity contribution in [2.45, 2.75) is 25.7 Å². The molecule has 0 amide bonds. The number of aromatic amines is 1. The van der Waals surface area contributed by atoms with Gasteiger partial charge in [-0.1, -0.05) is 6.42 Å². The molecule has 3 rings (SSSR count). The molecule has 1 N–H and O–H groups in total. The first kappa shape index (κ1) is 8.33. The largest absolute Gasteiger partial charge is 0.478 e. The van der Waals surface area contributed by atoms with E-state index in [1.165, 1.54) is 25.7 Å². The molecule has 1 heterocycles. The Balaban J connectivity index is 1.54. The number of nitrogens with one attached hydrogen (secondary N) is 1. The molecule has 76 valence electrons. The molecule has 2 saturated carbocycles. The highest BCUT2D eigenvalue weighted by atomic mass is 16.5. The van der Waals surface area contributed by atoms with Crippen LogP contribution in [-0.4, -0.2) is 16.8 Å². The summed E-state index contributed by atoms with van der Waals surface area (Å²) in [6.45, 7) is 0.878. The molecule has 2 aliphatic carbocycles. The van der Waals surface area contributed by atoms with Gasteiger partial charge in [0.1, 0.15) is 0 Å². The fourth-order valence-electron chi connectivity index (χ4n) is 3.10. The third-order valence-corrected chi connectivity index (χ3v) is 3.81. The number of ether oxygens (including phenoxy) is 1. The highest BCUT2D eigenvalue weighted by Crippen LogP contribution is 2.48. The van der Waals surface area contributed by atoms with Crippen LogP contribution in [0.5, 0.6) is 5.88 Å². The summed E-state index contributed by atoms with van der Waals surface area (Å²) < 4.78 is 5.66. The van der Waals surface area contributed by atoms with Crippen molar-refractivity contribution in [3.63, 3.8) is 0 Å². The summed E-state index contributed by atoms with van der Waals surface area (Å²) in [6, 6.07) is 1.88. The van der Waals surface area contributed by atoms with E-state index in [2.05, 4.69) is 10.2 Å². The van der Waals surface area contributed by atoms with Crippen molar-refractivity contribution < 1.29 is 4.74 Å². The quantitative estimate of drug-likeness (QED) is 0.797. The predicted molar refractivity (Wildman–Crippen MR) is 53.0 cm³/mol. The van der Waals surface area contributed by atoms with Gasteiger partial charge in [0, 0.05) is 6.07 Å². The normalized spacial score (nSPS) is 35.0. The zero-order chi connectivity index (χ0) is 9.38. The van der Waals surface area contributed by atoms with Crippen LogP contribution >= 0.6 is 0 Å². The van der Waals surface area contributed by atoms with E-state index in [1.54, 1.807) is 6.20 Å². The lowest BCUT2D eigenvalue weighted by atomic mass is 9.90. The molecule has 1 aromatic rings. The molecular weight excluding hydrogens is 176 g/mol. The van der Waals surface area contributed by atoms with Crippen molar-refractivity contribution in [2.24, 2.45) is 17.8 Å². The first-order valence-corrected chi connectivity index (χ1v) is 5.54. The van der Waals surface area contributed by atoms with Gasteiger partial charge < -0.3 is 4.74 Å². The maximum Gasteiger partial charge on any atom is 0.209 e. The second-order valence-corrected chi connectivity index (χ2v) is 4.67. The molecule has 0 aliphatic heterocycles. The number of rotatable bonds is 3. The van der Waals surface area contributed by atoms with Crippen LogP contribution in [0.4, 0.5) is 0 Å². The minimum absolute atomic E-state index is 0.803. The van der Waals surface area contributed by atoms with Gasteiger partial charge in [-0.15, -0.1) is 0 Å². The Morgan fingerprint density at radius 3 is 3.07 bits per heavy atom. The topological polar surface area (TPSA) is 37.9 Å². The van der Waals surface area contributed by atoms with Gasteiger partial charge in [-0.3, -0.25) is 0 Å². The van der Waals surface area contributed by atoms with Crippen molar-refractivity contribution in [1.29, 1.82) is 0 Å². The van der Waals surface area contributed by atoms with Gasteiger partial charge >= 0.3 is 0 Å². The molecule has 3 nitrogen and oxygen atoms in total. The molecular formula is C11H16N2O. The van der Waals surface area contributed by atoms with Crippen molar-refractivity contribution in [2.75, 3.05) is 6.61 Å². The lowest BCUT2D eigenvalue weighted by Crippen LogP contribution is -2.18. The van der Waals surface area contributed by atoms with E-state index in [0.717, 1.165) is 30.2 Å². The average molecular weight is 192 g/mol. The fourth-order valence-corrected chi connectivity index (χ4v) is 3.10. The Bertz CT molecular complexity index is 296. The Kier molecular flexibility index (Phi) is 1.96. The van der Waals surface area contributed by atoms with E-state index in [1.807, 2.05) is 6.07 Å². The van der Waals surface area contributed by atoms with Crippen molar-refractivity contribution in [1.82, 2.24) is 10.2 Å². The van der Waals surface area contributed by atoms with Crippen molar-refractivity contribution >= 4 is 0 Å². The number of H-pyrrole nitrogens is 1. The van der Waals surface area contributed by atoms with Crippen LogP contribution in [0, 0.1) is 17.8 Å². The second kappa shape index (κ2) is 3.30. The van der Waals surface area contributed by atoms with Crippen LogP contribution in [0.15, 0.2) is 12.3 Å². The number of hydrogen-bond donors (Lipinski definition) is 1. The molecule has 0 saturated heterocycles. The molecule has 1 aromatic heterocycles. The van der Waals surface area contributed by atoms with Crippen LogP contribution in [0.1, 0.15) is 25.7 Å². The Morgan fingerprint density at radius 2 is 2.43 bits per heavy atom. The summed E-state index contributed by atoms with van der Waals surface area (Å²) in [7, 11) is 0. The van der Waals surface area contributed by atoms with Crippen LogP contribution in [0.25, 0.3) is 0 Å². The highest BCUT2D eigenvalue weighted by Gasteiger charge is 2.39. The maximum atomic E-state index is 5.66. The Hall–Kier alpha value is -0.990. The minimum Gasteiger partial charge on any atom is -0.478 e. The zero-order valence-corrected chi connectivity index (χ0v) is 8.28. The van der Waals surface area contributed by atoms with E-state index in [4.69, 9.17) is 4.74 Å². The number of fused-ring (bicyclic) bond motifs is 2. The highest BCUT2D eigenvalue weighted by molar-refractivity contribution is 5.04. The van der Waals surface area contributed by atoms with E-state index >= 15 is 0 Å². The molecule has 2 bridgehead atoms. The summed E-state index contributed by atoms with van der Waals surface area (Å²) in [4.78, 5) is 0. The fraction of sp³-hybridized carbons (Fsp3) is 0.727. The molecule has 14 heavy (non-hydrogen) atoms. The summed E-state index contributed by atoms with van der Waals surface area (Å²) in [5, 5.41) is 6.70. The molecule has 3 atom stereocenters. The van der Waals surface area contributed by atoms with Gasteiger partial charge in [-0.05, 0) is 37.0 Å². The molecule has 0 spiro atoms. The molecule has 1 unspecified atom stereocenters. The molecule has 2 aliphatic rings. The minimum atomic E-state index is 0.803. The summed E-state index contributed by atoms with van der Waals surface area (Å²) in [5.41, 5.74) is 0. The van der Waals surface area contributed by atoms with E-state index in [-0.39, 0.29) is 0 Å². The Labute approximate surface area is 83.9 Å². The van der Waals surface area contributed by atoms with E-state index in [9.17, 15) is 0 Å². The van der Waals surface area contributed by atoms with Crippen LogP contribution in [0.3, 0.4) is 0 Å². The van der Waals surface area contributed by atoms with Crippen LogP contribution < -0.4 is 4.74 Å². The predicted octanol–water partition coefficient (Wildman–Crippen LogP) is 2.22. The third kappa shape index (κ3) is 1.41. The van der Waals surface area contributed by atoms with Gasteiger partial charge in [0.2, 0.25) is 5.88 Å². The average Bonchev–Trinajstić information content (AvgIpc) is 2.91. The zero-order valence-electron chi connectivity index (χ0n) is 8.28. The third-order valence-electron chi connectivity index (χ3n) is 3.81. The van der Waals surface area contributed by atoms with Gasteiger partial charge in [-0.25, -0.2) is 5.10 Å². The summed E-state index contributed by atoms with van der Waals surface area (Å²) in [5.74, 6) is 3.57. The number of aromatic nitrogens is 2. The van der Waals surface area contributed by atoms with E-state index in [0.29, 0.717) is 0 Å². The molecule has 3 heteroatoms. The maximum absolute atomic E-state index is 5.66. The smallest absolute Gasteiger partial charge is 0.209 e. The van der Waals surface area contributed by atoms with Crippen molar-refractivity contribution in [3.8, 4) is 5.88 Å². The van der Waals surface area contributed by atoms with Crippen LogP contribution in [-0.2, 0) is 0 Å². The number of nitrogens with zero attached hydrogens (tertiary/aromatic N) is 1. The summed E-state index contributed by atoms with van der Waals surface area (Å²) >= 11 is 0. The van der Waals surface area contributed by atoms with E-state index < -0.39 is 0 Å². The first-order valence-electron chi connectivity index (χ1n) is 5.54. The van der Waals surface area contributed by atoms with Gasteiger partial charge in [0.05, 0.1) is 12.8 Å². The standard InChI is InChI=1S/C11H16N2O/c1-2-9-5-8(1)6-10(9)7-14-11-3-4-12-13-11/h3-4,8-10H,1-2,5-7H2,(H,12,13)/t8-,9-,10?/m1/s1. The monoisotopic (exact) mass is 192 g/mol. The van der Waals surface area contributed by atoms with Crippen LogP contribution in [0.2, 0.25) is 0 Å². The van der Waals surface area contributed by atoms with Crippen molar-refractivity contribution in [3.05, 3.63) is 12.3 Å². The van der Waals surface area contributed by atoms with Gasteiger partial charge in [0.25, 0.3) is 0 Å². The Morgan fingerprint density at radius 1 is 1.43 bits per heavy atom. The van der Waals surface area contributed by atoms with Gasteiger partial charge in [0.15, 0.2) is 0 Å². The lowest BCUT2D eigenvalue weighted by molar-refractivity contribution is 0.189. The van der Waals surface area contributed by atoms with Gasteiger partial charge in [-0.2, -0.15) is 5.10 Å². The summed E-state index contributed by atoms with van der Waals surface area (Å²) in [6.07, 6.45) is 7.47. The number of hydrogen-bond acceptors (Lipinski definition) is 2. The lowest BCUT2D eigenvalue weighted by Gasteiger charge is -2.20. The molecule has 0 radical (unpaired) electrons. The first-order chi connectivity index (χ1) is 6.92.